The number of benzene rings is 1. The van der Waals surface area contributed by atoms with Crippen molar-refractivity contribution in [3.05, 3.63) is 34.4 Å². The Morgan fingerprint density at radius 3 is 2.94 bits per heavy atom. The van der Waals surface area contributed by atoms with E-state index >= 15 is 0 Å². The summed E-state index contributed by atoms with van der Waals surface area (Å²) in [6, 6.07) is 9.48. The molecule has 0 amide bonds. The summed E-state index contributed by atoms with van der Waals surface area (Å²) in [6.07, 6.45) is 2.69. The molecule has 0 radical (unpaired) electrons. The van der Waals surface area contributed by atoms with Gasteiger partial charge < -0.3 is 9.88 Å². The van der Waals surface area contributed by atoms with Gasteiger partial charge in [-0.05, 0) is 36.4 Å². The molecule has 1 fully saturated rings. The van der Waals surface area contributed by atoms with Crippen molar-refractivity contribution in [2.24, 2.45) is 7.05 Å². The zero-order valence-electron chi connectivity index (χ0n) is 9.33. The van der Waals surface area contributed by atoms with E-state index in [1.54, 1.807) is 0 Å². The van der Waals surface area contributed by atoms with Gasteiger partial charge in [0.2, 0.25) is 0 Å². The first kappa shape index (κ1) is 10.4. The summed E-state index contributed by atoms with van der Waals surface area (Å²) in [4.78, 5) is 0. The van der Waals surface area contributed by atoms with Crippen LogP contribution in [-0.2, 0) is 13.6 Å². The van der Waals surface area contributed by atoms with E-state index in [-0.39, 0.29) is 0 Å². The first-order valence-electron chi connectivity index (χ1n) is 5.71. The fourth-order valence-corrected chi connectivity index (χ4v) is 2.42. The van der Waals surface area contributed by atoms with Crippen LogP contribution >= 0.6 is 15.9 Å². The zero-order chi connectivity index (χ0) is 11.1. The van der Waals surface area contributed by atoms with Crippen molar-refractivity contribution in [1.29, 1.82) is 0 Å². The molecule has 0 unspecified atom stereocenters. The summed E-state index contributed by atoms with van der Waals surface area (Å²) in [5.74, 6) is 0. The smallest absolute Gasteiger partial charge is 0.0491 e. The summed E-state index contributed by atoms with van der Waals surface area (Å²) < 4.78 is 3.41. The van der Waals surface area contributed by atoms with Gasteiger partial charge in [0.15, 0.2) is 0 Å². The van der Waals surface area contributed by atoms with E-state index in [2.05, 4.69) is 57.1 Å². The number of aromatic nitrogens is 1. The maximum Gasteiger partial charge on any atom is 0.0491 e. The number of fused-ring (bicyclic) bond motifs is 1. The summed E-state index contributed by atoms with van der Waals surface area (Å²) in [5, 5.41) is 4.87. The van der Waals surface area contributed by atoms with Crippen LogP contribution in [0.5, 0.6) is 0 Å². The summed E-state index contributed by atoms with van der Waals surface area (Å²) in [7, 11) is 2.14. The zero-order valence-corrected chi connectivity index (χ0v) is 10.9. The molecule has 0 saturated heterocycles. The number of nitrogens with zero attached hydrogens (tertiary/aromatic N) is 1. The number of nitrogens with one attached hydrogen (secondary N) is 1. The van der Waals surface area contributed by atoms with E-state index in [1.165, 1.54) is 29.4 Å². The number of halogens is 1. The first-order valence-corrected chi connectivity index (χ1v) is 6.50. The molecule has 1 heterocycles. The molecule has 0 aliphatic heterocycles. The molecule has 2 nitrogen and oxygen atoms in total. The van der Waals surface area contributed by atoms with Crippen LogP contribution in [0.1, 0.15) is 18.5 Å². The normalized spacial score (nSPS) is 15.9. The molecule has 2 aromatic rings. The highest BCUT2D eigenvalue weighted by Crippen LogP contribution is 2.24. The highest BCUT2D eigenvalue weighted by Gasteiger charge is 2.20. The van der Waals surface area contributed by atoms with E-state index in [0.29, 0.717) is 0 Å². The van der Waals surface area contributed by atoms with Gasteiger partial charge >= 0.3 is 0 Å². The van der Waals surface area contributed by atoms with Gasteiger partial charge in [-0.15, -0.1) is 0 Å². The second-order valence-electron chi connectivity index (χ2n) is 4.55. The Labute approximate surface area is 104 Å². The molecular weight excluding hydrogens is 264 g/mol. The number of rotatable bonds is 3. The molecular formula is C13H15BrN2. The largest absolute Gasteiger partial charge is 0.346 e. The Kier molecular flexibility index (Phi) is 2.52. The predicted octanol–water partition coefficient (Wildman–Crippen LogP) is 3.19. The third-order valence-corrected chi connectivity index (χ3v) is 3.75. The fraction of sp³-hybridized carbons (Fsp3) is 0.385. The van der Waals surface area contributed by atoms with Crippen LogP contribution < -0.4 is 5.32 Å². The molecule has 1 N–H and O–H groups in total. The second-order valence-corrected chi connectivity index (χ2v) is 5.47. The molecule has 0 bridgehead atoms. The minimum absolute atomic E-state index is 0.768. The van der Waals surface area contributed by atoms with Crippen molar-refractivity contribution in [3.8, 4) is 0 Å². The van der Waals surface area contributed by atoms with Crippen LogP contribution in [-0.4, -0.2) is 10.6 Å². The standard InChI is InChI=1S/C13H15BrN2/c1-16-12(8-15-11-4-5-11)6-9-2-3-10(14)7-13(9)16/h2-3,6-7,11,15H,4-5,8H2,1H3. The average Bonchev–Trinajstić information content (AvgIpc) is 3.04. The Balaban J connectivity index is 1.94. The summed E-state index contributed by atoms with van der Waals surface area (Å²) in [6.45, 7) is 0.980. The van der Waals surface area contributed by atoms with Crippen molar-refractivity contribution in [3.63, 3.8) is 0 Å². The summed E-state index contributed by atoms with van der Waals surface area (Å²) in [5.41, 5.74) is 2.65. The van der Waals surface area contributed by atoms with Crippen molar-refractivity contribution < 1.29 is 0 Å². The highest BCUT2D eigenvalue weighted by molar-refractivity contribution is 9.10. The van der Waals surface area contributed by atoms with E-state index in [9.17, 15) is 0 Å². The first-order chi connectivity index (χ1) is 7.74. The third-order valence-electron chi connectivity index (χ3n) is 3.26. The lowest BCUT2D eigenvalue weighted by atomic mass is 10.2. The molecule has 0 atom stereocenters. The van der Waals surface area contributed by atoms with Crippen LogP contribution in [0.4, 0.5) is 0 Å². The topological polar surface area (TPSA) is 17.0 Å². The average molecular weight is 279 g/mol. The molecule has 1 aromatic heterocycles. The second kappa shape index (κ2) is 3.90. The van der Waals surface area contributed by atoms with E-state index in [0.717, 1.165) is 17.1 Å². The molecule has 16 heavy (non-hydrogen) atoms. The van der Waals surface area contributed by atoms with E-state index < -0.39 is 0 Å². The van der Waals surface area contributed by atoms with Gasteiger partial charge in [0, 0.05) is 35.3 Å². The highest BCUT2D eigenvalue weighted by atomic mass is 79.9. The Bertz CT molecular complexity index is 526. The molecule has 1 aliphatic rings. The molecule has 3 rings (SSSR count). The van der Waals surface area contributed by atoms with Gasteiger partial charge in [0.1, 0.15) is 0 Å². The summed E-state index contributed by atoms with van der Waals surface area (Å²) >= 11 is 3.52. The van der Waals surface area contributed by atoms with E-state index in [1.807, 2.05) is 0 Å². The third kappa shape index (κ3) is 1.89. The van der Waals surface area contributed by atoms with Gasteiger partial charge in [-0.1, -0.05) is 22.0 Å². The van der Waals surface area contributed by atoms with Gasteiger partial charge in [-0.25, -0.2) is 0 Å². The number of hydrogen-bond donors (Lipinski definition) is 1. The number of aryl methyl sites for hydroxylation is 1. The Morgan fingerprint density at radius 2 is 2.19 bits per heavy atom. The quantitative estimate of drug-likeness (QED) is 0.913. The lowest BCUT2D eigenvalue weighted by Crippen LogP contribution is -2.17. The molecule has 1 aliphatic carbocycles. The van der Waals surface area contributed by atoms with Crippen molar-refractivity contribution >= 4 is 26.8 Å². The SMILES string of the molecule is Cn1c(CNC2CC2)cc2ccc(Br)cc21. The molecule has 0 spiro atoms. The molecule has 1 aromatic carbocycles. The predicted molar refractivity (Wildman–Crippen MR) is 70.5 cm³/mol. The maximum atomic E-state index is 3.56. The van der Waals surface area contributed by atoms with E-state index in [4.69, 9.17) is 0 Å². The Morgan fingerprint density at radius 1 is 1.38 bits per heavy atom. The Hall–Kier alpha value is -0.800. The van der Waals surface area contributed by atoms with Crippen molar-refractivity contribution in [2.75, 3.05) is 0 Å². The van der Waals surface area contributed by atoms with Gasteiger partial charge in [-0.2, -0.15) is 0 Å². The minimum Gasteiger partial charge on any atom is -0.346 e. The molecule has 84 valence electrons. The number of hydrogen-bond acceptors (Lipinski definition) is 1. The van der Waals surface area contributed by atoms with Gasteiger partial charge in [-0.3, -0.25) is 0 Å². The monoisotopic (exact) mass is 278 g/mol. The lowest BCUT2D eigenvalue weighted by molar-refractivity contribution is 0.655. The lowest BCUT2D eigenvalue weighted by Gasteiger charge is -2.05. The molecule has 3 heteroatoms. The molecule has 1 saturated carbocycles. The van der Waals surface area contributed by atoms with Crippen LogP contribution in [0.15, 0.2) is 28.7 Å². The van der Waals surface area contributed by atoms with Crippen molar-refractivity contribution in [2.45, 2.75) is 25.4 Å². The van der Waals surface area contributed by atoms with Crippen LogP contribution in [0.2, 0.25) is 0 Å². The van der Waals surface area contributed by atoms with Gasteiger partial charge in [0.25, 0.3) is 0 Å². The van der Waals surface area contributed by atoms with Crippen LogP contribution in [0.25, 0.3) is 10.9 Å². The van der Waals surface area contributed by atoms with Crippen molar-refractivity contribution in [1.82, 2.24) is 9.88 Å². The van der Waals surface area contributed by atoms with Crippen LogP contribution in [0.3, 0.4) is 0 Å². The van der Waals surface area contributed by atoms with Gasteiger partial charge in [0.05, 0.1) is 0 Å². The minimum atomic E-state index is 0.768. The maximum absolute atomic E-state index is 3.56. The van der Waals surface area contributed by atoms with Crippen LogP contribution in [0, 0.1) is 0 Å². The fourth-order valence-electron chi connectivity index (χ4n) is 2.07.